The van der Waals surface area contributed by atoms with E-state index >= 15 is 0 Å². The Balaban J connectivity index is 1.36. The fraction of sp³-hybridized carbons (Fsp3) is 0.321. The number of aromatic carboxylic acids is 1. The van der Waals surface area contributed by atoms with Crippen LogP contribution in [0.2, 0.25) is 0 Å². The van der Waals surface area contributed by atoms with Crippen LogP contribution in [0.5, 0.6) is 0 Å². The van der Waals surface area contributed by atoms with E-state index in [1.54, 1.807) is 6.07 Å². The molecule has 5 nitrogen and oxygen atoms in total. The molecule has 1 atom stereocenters. The quantitative estimate of drug-likeness (QED) is 0.556. The Morgan fingerprint density at radius 1 is 0.879 bits per heavy atom. The molecule has 1 unspecified atom stereocenters. The maximum atomic E-state index is 11.9. The fourth-order valence-corrected chi connectivity index (χ4v) is 5.30. The standard InChI is InChI=1S/C28H31N3O2/c1-28(2)19-25(29-26-23(27(32)33)12-7-13-24(26)28)20-8-6-11-22(18-20)31-16-14-30(15-17-31)21-9-4-3-5-10-21/h3-13,18,25,29H,14-17,19H2,1-2H3,(H,32,33). The number of fused-ring (bicyclic) bond motifs is 1. The zero-order valence-corrected chi connectivity index (χ0v) is 19.3. The third kappa shape index (κ3) is 4.15. The van der Waals surface area contributed by atoms with Gasteiger partial charge < -0.3 is 20.2 Å². The van der Waals surface area contributed by atoms with Gasteiger partial charge in [-0.1, -0.05) is 56.3 Å². The number of hydrogen-bond donors (Lipinski definition) is 2. The molecule has 33 heavy (non-hydrogen) atoms. The summed E-state index contributed by atoms with van der Waals surface area (Å²) >= 11 is 0. The second kappa shape index (κ2) is 8.47. The van der Waals surface area contributed by atoms with E-state index in [1.165, 1.54) is 16.9 Å². The summed E-state index contributed by atoms with van der Waals surface area (Å²) in [7, 11) is 0. The van der Waals surface area contributed by atoms with Crippen molar-refractivity contribution in [3.8, 4) is 0 Å². The molecular weight excluding hydrogens is 410 g/mol. The molecule has 0 saturated carbocycles. The van der Waals surface area contributed by atoms with E-state index in [2.05, 4.69) is 83.6 Å². The molecule has 2 heterocycles. The number of nitrogens with one attached hydrogen (secondary N) is 1. The summed E-state index contributed by atoms with van der Waals surface area (Å²) in [6, 6.07) is 25.0. The van der Waals surface area contributed by atoms with Crippen molar-refractivity contribution in [3.05, 3.63) is 89.5 Å². The van der Waals surface area contributed by atoms with Crippen molar-refractivity contribution >= 4 is 23.0 Å². The number of piperazine rings is 1. The molecule has 1 saturated heterocycles. The van der Waals surface area contributed by atoms with Gasteiger partial charge in [0.1, 0.15) is 0 Å². The van der Waals surface area contributed by atoms with E-state index in [-0.39, 0.29) is 11.5 Å². The van der Waals surface area contributed by atoms with Gasteiger partial charge in [-0.2, -0.15) is 0 Å². The van der Waals surface area contributed by atoms with Gasteiger partial charge in [0.15, 0.2) is 0 Å². The van der Waals surface area contributed by atoms with Crippen LogP contribution in [0.15, 0.2) is 72.8 Å². The normalized spacial score (nSPS) is 19.5. The third-order valence-electron chi connectivity index (χ3n) is 7.10. The molecule has 5 rings (SSSR count). The number of para-hydroxylation sites is 2. The zero-order chi connectivity index (χ0) is 23.0. The maximum absolute atomic E-state index is 11.9. The van der Waals surface area contributed by atoms with Crippen LogP contribution < -0.4 is 15.1 Å². The van der Waals surface area contributed by atoms with Gasteiger partial charge in [0, 0.05) is 37.6 Å². The van der Waals surface area contributed by atoms with Crippen LogP contribution >= 0.6 is 0 Å². The van der Waals surface area contributed by atoms with Gasteiger partial charge in [0.05, 0.1) is 17.3 Å². The first-order valence-electron chi connectivity index (χ1n) is 11.7. The molecular formula is C28H31N3O2. The summed E-state index contributed by atoms with van der Waals surface area (Å²) < 4.78 is 0. The first-order valence-corrected chi connectivity index (χ1v) is 11.7. The highest BCUT2D eigenvalue weighted by Gasteiger charge is 2.35. The number of rotatable bonds is 4. The number of carboxylic acids is 1. The highest BCUT2D eigenvalue weighted by atomic mass is 16.4. The van der Waals surface area contributed by atoms with E-state index in [4.69, 9.17) is 0 Å². The van der Waals surface area contributed by atoms with Crippen LogP contribution in [0, 0.1) is 0 Å². The van der Waals surface area contributed by atoms with E-state index in [0.29, 0.717) is 5.56 Å². The molecule has 2 aliphatic rings. The van der Waals surface area contributed by atoms with Gasteiger partial charge in [-0.3, -0.25) is 0 Å². The molecule has 0 aliphatic carbocycles. The second-order valence-electron chi connectivity index (χ2n) is 9.72. The lowest BCUT2D eigenvalue weighted by atomic mass is 9.73. The smallest absolute Gasteiger partial charge is 0.337 e. The largest absolute Gasteiger partial charge is 0.478 e. The van der Waals surface area contributed by atoms with Crippen molar-refractivity contribution in [3.63, 3.8) is 0 Å². The number of benzene rings is 3. The topological polar surface area (TPSA) is 55.8 Å². The second-order valence-corrected chi connectivity index (χ2v) is 9.72. The Labute approximate surface area is 195 Å². The number of hydrogen-bond acceptors (Lipinski definition) is 4. The van der Waals surface area contributed by atoms with Gasteiger partial charge in [0.25, 0.3) is 0 Å². The van der Waals surface area contributed by atoms with Gasteiger partial charge >= 0.3 is 5.97 Å². The lowest BCUT2D eigenvalue weighted by molar-refractivity contribution is 0.0697. The predicted molar refractivity (Wildman–Crippen MR) is 135 cm³/mol. The third-order valence-corrected chi connectivity index (χ3v) is 7.10. The molecule has 3 aromatic rings. The summed E-state index contributed by atoms with van der Waals surface area (Å²) in [5, 5.41) is 13.3. The summed E-state index contributed by atoms with van der Waals surface area (Å²) in [6.07, 6.45) is 0.911. The maximum Gasteiger partial charge on any atom is 0.337 e. The monoisotopic (exact) mass is 441 g/mol. The van der Waals surface area contributed by atoms with Crippen molar-refractivity contribution in [2.75, 3.05) is 41.3 Å². The minimum Gasteiger partial charge on any atom is -0.478 e. The fourth-order valence-electron chi connectivity index (χ4n) is 5.30. The van der Waals surface area contributed by atoms with Crippen LogP contribution in [0.25, 0.3) is 0 Å². The van der Waals surface area contributed by atoms with Gasteiger partial charge in [-0.25, -0.2) is 4.79 Å². The van der Waals surface area contributed by atoms with Crippen molar-refractivity contribution in [2.24, 2.45) is 0 Å². The number of carboxylic acid groups (broad SMARTS) is 1. The van der Waals surface area contributed by atoms with Crippen molar-refractivity contribution < 1.29 is 9.90 Å². The molecule has 3 aromatic carbocycles. The highest BCUT2D eigenvalue weighted by Crippen LogP contribution is 2.45. The average molecular weight is 442 g/mol. The van der Waals surface area contributed by atoms with Crippen LogP contribution in [-0.2, 0) is 5.41 Å². The molecule has 2 aliphatic heterocycles. The molecule has 170 valence electrons. The first-order chi connectivity index (χ1) is 15.9. The Hall–Kier alpha value is -3.47. The Morgan fingerprint density at radius 3 is 2.21 bits per heavy atom. The molecule has 0 amide bonds. The van der Waals surface area contributed by atoms with Crippen LogP contribution in [-0.4, -0.2) is 37.3 Å². The Morgan fingerprint density at radius 2 is 1.52 bits per heavy atom. The zero-order valence-electron chi connectivity index (χ0n) is 19.3. The summed E-state index contributed by atoms with van der Waals surface area (Å²) in [5.74, 6) is -0.888. The SMILES string of the molecule is CC1(C)CC(c2cccc(N3CCN(c4ccccc4)CC3)c2)Nc2c(C(=O)O)cccc21. The molecule has 5 heteroatoms. The highest BCUT2D eigenvalue weighted by molar-refractivity contribution is 5.95. The lowest BCUT2D eigenvalue weighted by Crippen LogP contribution is -2.46. The summed E-state index contributed by atoms with van der Waals surface area (Å²) in [6.45, 7) is 8.37. The molecule has 2 N–H and O–H groups in total. The first kappa shape index (κ1) is 21.4. The minimum absolute atomic E-state index is 0.0681. The number of nitrogens with zero attached hydrogens (tertiary/aromatic N) is 2. The van der Waals surface area contributed by atoms with Gasteiger partial charge in [0.2, 0.25) is 0 Å². The van der Waals surface area contributed by atoms with E-state index < -0.39 is 5.97 Å². The van der Waals surface area contributed by atoms with Gasteiger partial charge in [-0.15, -0.1) is 0 Å². The van der Waals surface area contributed by atoms with Gasteiger partial charge in [-0.05, 0) is 53.3 Å². The summed E-state index contributed by atoms with van der Waals surface area (Å²) in [4.78, 5) is 16.8. The van der Waals surface area contributed by atoms with E-state index in [1.807, 2.05) is 12.1 Å². The number of anilines is 3. The Kier molecular flexibility index (Phi) is 5.49. The summed E-state index contributed by atoms with van der Waals surface area (Å²) in [5.41, 5.74) is 5.79. The minimum atomic E-state index is -0.888. The number of carbonyl (C=O) groups is 1. The Bertz CT molecular complexity index is 1150. The average Bonchev–Trinajstić information content (AvgIpc) is 2.84. The van der Waals surface area contributed by atoms with Crippen molar-refractivity contribution in [2.45, 2.75) is 31.7 Å². The molecule has 0 spiro atoms. The lowest BCUT2D eigenvalue weighted by Gasteiger charge is -2.40. The molecule has 1 fully saturated rings. The van der Waals surface area contributed by atoms with Crippen LogP contribution in [0.1, 0.15) is 47.8 Å². The van der Waals surface area contributed by atoms with E-state index in [9.17, 15) is 9.90 Å². The predicted octanol–water partition coefficient (Wildman–Crippen LogP) is 5.55. The van der Waals surface area contributed by atoms with Crippen molar-refractivity contribution in [1.29, 1.82) is 0 Å². The van der Waals surface area contributed by atoms with Crippen LogP contribution in [0.4, 0.5) is 17.1 Å². The molecule has 0 aromatic heterocycles. The van der Waals surface area contributed by atoms with Crippen LogP contribution in [0.3, 0.4) is 0 Å². The van der Waals surface area contributed by atoms with E-state index in [0.717, 1.165) is 43.9 Å². The molecule has 0 radical (unpaired) electrons. The molecule has 0 bridgehead atoms. The van der Waals surface area contributed by atoms with Crippen molar-refractivity contribution in [1.82, 2.24) is 0 Å².